The maximum absolute atomic E-state index is 13.6. The molecular weight excluding hydrogens is 439 g/mol. The molecule has 1 N–H and O–H groups in total. The largest absolute Gasteiger partial charge is 0.350 e. The number of aryl methyl sites for hydroxylation is 1. The Morgan fingerprint density at radius 1 is 1.09 bits per heavy atom. The molecule has 2 amide bonds. The Kier molecular flexibility index (Phi) is 6.03. The minimum atomic E-state index is -0.442. The van der Waals surface area contributed by atoms with E-state index < -0.39 is 11.4 Å². The second-order valence-corrected chi connectivity index (χ2v) is 9.86. The van der Waals surface area contributed by atoms with Crippen LogP contribution in [0.2, 0.25) is 0 Å². The molecule has 0 aliphatic carbocycles. The molecule has 6 nitrogen and oxygen atoms in total. The van der Waals surface area contributed by atoms with Crippen molar-refractivity contribution in [3.63, 3.8) is 0 Å². The van der Waals surface area contributed by atoms with Crippen LogP contribution in [0.5, 0.6) is 0 Å². The van der Waals surface area contributed by atoms with E-state index in [9.17, 15) is 14.0 Å². The molecule has 4 rings (SSSR count). The zero-order valence-corrected chi connectivity index (χ0v) is 19.7. The molecule has 0 bridgehead atoms. The van der Waals surface area contributed by atoms with Gasteiger partial charge in [-0.05, 0) is 70.2 Å². The molecule has 33 heavy (non-hydrogen) atoms. The topological polar surface area (TPSA) is 67.2 Å². The maximum atomic E-state index is 13.6. The number of amides is 2. The van der Waals surface area contributed by atoms with Crippen LogP contribution in [0.4, 0.5) is 10.1 Å². The maximum Gasteiger partial charge on any atom is 0.268 e. The van der Waals surface area contributed by atoms with Crippen LogP contribution < -0.4 is 10.2 Å². The number of anilines is 1. The van der Waals surface area contributed by atoms with E-state index in [0.717, 1.165) is 21.6 Å². The first kappa shape index (κ1) is 22.7. The lowest BCUT2D eigenvalue weighted by atomic mass is 10.1. The number of aromatic nitrogens is 2. The molecule has 0 aliphatic rings. The van der Waals surface area contributed by atoms with Crippen LogP contribution in [-0.4, -0.2) is 33.7 Å². The molecule has 170 valence electrons. The van der Waals surface area contributed by atoms with Gasteiger partial charge in [-0.1, -0.05) is 18.2 Å². The van der Waals surface area contributed by atoms with E-state index in [4.69, 9.17) is 0 Å². The fraction of sp³-hybridized carbons (Fsp3) is 0.240. The Balaban J connectivity index is 1.72. The minimum absolute atomic E-state index is 0.181. The molecule has 2 heterocycles. The number of benzene rings is 2. The van der Waals surface area contributed by atoms with Crippen molar-refractivity contribution in [1.82, 2.24) is 15.1 Å². The molecule has 4 aromatic rings. The van der Waals surface area contributed by atoms with Crippen LogP contribution in [0.3, 0.4) is 0 Å². The lowest BCUT2D eigenvalue weighted by Crippen LogP contribution is -2.47. The fourth-order valence-corrected chi connectivity index (χ4v) is 4.66. The summed E-state index contributed by atoms with van der Waals surface area (Å²) in [6, 6.07) is 17.1. The van der Waals surface area contributed by atoms with Crippen molar-refractivity contribution in [3.05, 3.63) is 77.1 Å². The van der Waals surface area contributed by atoms with Gasteiger partial charge in [-0.3, -0.25) is 14.5 Å². The number of carbonyl (C=O) groups is 2. The lowest BCUT2D eigenvalue weighted by molar-refractivity contribution is -0.121. The van der Waals surface area contributed by atoms with Gasteiger partial charge in [-0.25, -0.2) is 9.07 Å². The summed E-state index contributed by atoms with van der Waals surface area (Å²) in [5.41, 5.74) is 1.71. The summed E-state index contributed by atoms with van der Waals surface area (Å²) >= 11 is 1.32. The Morgan fingerprint density at radius 3 is 2.39 bits per heavy atom. The van der Waals surface area contributed by atoms with Crippen LogP contribution in [0, 0.1) is 12.7 Å². The molecule has 2 aromatic heterocycles. The van der Waals surface area contributed by atoms with Gasteiger partial charge in [0, 0.05) is 16.6 Å². The average Bonchev–Trinajstić information content (AvgIpc) is 3.32. The van der Waals surface area contributed by atoms with Crippen LogP contribution in [0.25, 0.3) is 15.9 Å². The number of rotatable bonds is 5. The number of thiophene rings is 1. The zero-order valence-electron chi connectivity index (χ0n) is 18.9. The number of nitrogens with one attached hydrogen (secondary N) is 1. The third-order valence-corrected chi connectivity index (χ3v) is 6.05. The highest BCUT2D eigenvalue weighted by Crippen LogP contribution is 2.32. The normalized spacial score (nSPS) is 11.5. The standard InChI is InChI=1S/C25H25FN4O2S/c1-16-20-14-21(33-24(20)30(28-16)19-8-6-5-7-9-19)23(32)29(15-22(31)27-25(2,3)4)18-12-10-17(26)11-13-18/h5-14H,15H2,1-4H3,(H,27,31). The zero-order chi connectivity index (χ0) is 23.8. The first-order chi connectivity index (χ1) is 15.6. The van der Waals surface area contributed by atoms with Crippen molar-refractivity contribution < 1.29 is 14.0 Å². The summed E-state index contributed by atoms with van der Waals surface area (Å²) in [7, 11) is 0. The van der Waals surface area contributed by atoms with E-state index in [1.54, 1.807) is 0 Å². The van der Waals surface area contributed by atoms with Gasteiger partial charge in [0.05, 0.1) is 16.3 Å². The highest BCUT2D eigenvalue weighted by atomic mass is 32.1. The summed E-state index contributed by atoms with van der Waals surface area (Å²) in [6.07, 6.45) is 0. The van der Waals surface area contributed by atoms with Gasteiger partial charge in [-0.2, -0.15) is 5.10 Å². The monoisotopic (exact) mass is 464 g/mol. The molecule has 8 heteroatoms. The fourth-order valence-electron chi connectivity index (χ4n) is 3.53. The highest BCUT2D eigenvalue weighted by molar-refractivity contribution is 7.20. The number of halogens is 1. The average molecular weight is 465 g/mol. The predicted octanol–water partition coefficient (Wildman–Crippen LogP) is 5.10. The van der Waals surface area contributed by atoms with Crippen molar-refractivity contribution in [2.45, 2.75) is 33.2 Å². The van der Waals surface area contributed by atoms with Crippen LogP contribution in [0.15, 0.2) is 60.7 Å². The summed E-state index contributed by atoms with van der Waals surface area (Å²) in [4.78, 5) is 29.0. The second-order valence-electron chi connectivity index (χ2n) is 8.83. The molecule has 0 radical (unpaired) electrons. The minimum Gasteiger partial charge on any atom is -0.350 e. The Bertz CT molecular complexity index is 1300. The van der Waals surface area contributed by atoms with E-state index in [0.29, 0.717) is 10.6 Å². The van der Waals surface area contributed by atoms with Crippen LogP contribution >= 0.6 is 11.3 Å². The second kappa shape index (κ2) is 8.78. The SMILES string of the molecule is Cc1nn(-c2ccccc2)c2sc(C(=O)N(CC(=O)NC(C)(C)C)c3ccc(F)cc3)cc12. The molecule has 0 atom stereocenters. The van der Waals surface area contributed by atoms with Gasteiger partial charge < -0.3 is 5.32 Å². The Hall–Kier alpha value is -3.52. The highest BCUT2D eigenvalue weighted by Gasteiger charge is 2.26. The van der Waals surface area contributed by atoms with Crippen LogP contribution in [-0.2, 0) is 4.79 Å². The number of fused-ring (bicyclic) bond motifs is 1. The quantitative estimate of drug-likeness (QED) is 0.447. The summed E-state index contributed by atoms with van der Waals surface area (Å²) in [5, 5.41) is 8.38. The van der Waals surface area contributed by atoms with E-state index >= 15 is 0 Å². The molecule has 0 aliphatic heterocycles. The third-order valence-electron chi connectivity index (χ3n) is 4.96. The number of nitrogens with zero attached hydrogens (tertiary/aromatic N) is 3. The van der Waals surface area contributed by atoms with Gasteiger partial charge in [0.2, 0.25) is 5.91 Å². The first-order valence-corrected chi connectivity index (χ1v) is 11.4. The predicted molar refractivity (Wildman–Crippen MR) is 130 cm³/mol. The third kappa shape index (κ3) is 4.96. The molecule has 0 saturated carbocycles. The molecule has 0 fully saturated rings. The molecule has 0 saturated heterocycles. The summed E-state index contributed by atoms with van der Waals surface area (Å²) in [6.45, 7) is 7.34. The van der Waals surface area contributed by atoms with Crippen molar-refractivity contribution in [2.75, 3.05) is 11.4 Å². The van der Waals surface area contributed by atoms with Gasteiger partial charge in [0.1, 0.15) is 17.2 Å². The molecule has 0 spiro atoms. The van der Waals surface area contributed by atoms with Crippen molar-refractivity contribution >= 4 is 39.1 Å². The Morgan fingerprint density at radius 2 is 1.76 bits per heavy atom. The molecule has 2 aromatic carbocycles. The lowest BCUT2D eigenvalue weighted by Gasteiger charge is -2.25. The van der Waals surface area contributed by atoms with Crippen LogP contribution in [0.1, 0.15) is 36.1 Å². The number of hydrogen-bond acceptors (Lipinski definition) is 4. The van der Waals surface area contributed by atoms with Gasteiger partial charge in [-0.15, -0.1) is 11.3 Å². The summed E-state index contributed by atoms with van der Waals surface area (Å²) < 4.78 is 15.3. The van der Waals surface area contributed by atoms with E-state index in [-0.39, 0.29) is 18.4 Å². The van der Waals surface area contributed by atoms with Crippen molar-refractivity contribution in [2.24, 2.45) is 0 Å². The first-order valence-electron chi connectivity index (χ1n) is 10.6. The van der Waals surface area contributed by atoms with E-state index in [2.05, 4.69) is 10.4 Å². The number of carbonyl (C=O) groups excluding carboxylic acids is 2. The smallest absolute Gasteiger partial charge is 0.268 e. The van der Waals surface area contributed by atoms with Gasteiger partial charge >= 0.3 is 0 Å². The number of hydrogen-bond donors (Lipinski definition) is 1. The number of para-hydroxylation sites is 1. The van der Waals surface area contributed by atoms with E-state index in [1.807, 2.05) is 68.8 Å². The molecule has 0 unspecified atom stereocenters. The van der Waals surface area contributed by atoms with Crippen molar-refractivity contribution in [3.8, 4) is 5.69 Å². The summed E-state index contributed by atoms with van der Waals surface area (Å²) in [5.74, 6) is -1.04. The van der Waals surface area contributed by atoms with Gasteiger partial charge in [0.25, 0.3) is 5.91 Å². The molecular formula is C25H25FN4O2S. The van der Waals surface area contributed by atoms with E-state index in [1.165, 1.54) is 40.5 Å². The Labute approximate surface area is 195 Å². The van der Waals surface area contributed by atoms with Gasteiger partial charge in [0.15, 0.2) is 0 Å². The van der Waals surface area contributed by atoms with Crippen molar-refractivity contribution in [1.29, 1.82) is 0 Å².